The summed E-state index contributed by atoms with van der Waals surface area (Å²) in [4.78, 5) is 24.7. The van der Waals surface area contributed by atoms with Crippen LogP contribution in [0.3, 0.4) is 0 Å². The summed E-state index contributed by atoms with van der Waals surface area (Å²) < 4.78 is 0. The molecule has 0 heterocycles. The average molecular weight is 294 g/mol. The minimum absolute atomic E-state index is 0.0510. The third-order valence-electron chi connectivity index (χ3n) is 3.51. The van der Waals surface area contributed by atoms with Crippen LogP contribution >= 0.6 is 0 Å². The van der Waals surface area contributed by atoms with Crippen molar-refractivity contribution in [3.05, 3.63) is 33.9 Å². The molecular weight excluding hydrogens is 272 g/mol. The number of nitrogens with zero attached hydrogens (tertiary/aromatic N) is 2. The number of nitro benzene ring substituents is 1. The molecule has 7 heteroatoms. The normalized spacial score (nSPS) is 11.8. The second-order valence-corrected chi connectivity index (χ2v) is 4.96. The number of hydrogen-bond donors (Lipinski definition) is 2. The second-order valence-electron chi connectivity index (χ2n) is 4.96. The van der Waals surface area contributed by atoms with Gasteiger partial charge in [-0.2, -0.15) is 0 Å². The first-order valence-corrected chi connectivity index (χ1v) is 6.99. The summed E-state index contributed by atoms with van der Waals surface area (Å²) >= 11 is 0. The van der Waals surface area contributed by atoms with Crippen LogP contribution in [0.1, 0.15) is 37.6 Å². The van der Waals surface area contributed by atoms with Crippen molar-refractivity contribution >= 4 is 17.3 Å². The van der Waals surface area contributed by atoms with Crippen LogP contribution in [0.2, 0.25) is 0 Å². The second kappa shape index (κ2) is 7.58. The fourth-order valence-corrected chi connectivity index (χ4v) is 2.05. The van der Waals surface area contributed by atoms with E-state index >= 15 is 0 Å². The number of rotatable bonds is 7. The van der Waals surface area contributed by atoms with Crippen molar-refractivity contribution in [1.29, 1.82) is 0 Å². The Morgan fingerprint density at radius 1 is 1.48 bits per heavy atom. The van der Waals surface area contributed by atoms with E-state index in [2.05, 4.69) is 19.3 Å². The number of anilines is 1. The van der Waals surface area contributed by atoms with Crippen molar-refractivity contribution in [2.45, 2.75) is 27.2 Å². The lowest BCUT2D eigenvalue weighted by Gasteiger charge is -2.25. The summed E-state index contributed by atoms with van der Waals surface area (Å²) in [7, 11) is 0. The molecule has 0 radical (unpaired) electrons. The zero-order valence-corrected chi connectivity index (χ0v) is 12.6. The van der Waals surface area contributed by atoms with Gasteiger partial charge in [-0.3, -0.25) is 20.8 Å². The number of amides is 1. The van der Waals surface area contributed by atoms with Gasteiger partial charge in [0.1, 0.15) is 5.69 Å². The molecule has 0 bridgehead atoms. The number of nitro groups is 1. The fourth-order valence-electron chi connectivity index (χ4n) is 2.05. The monoisotopic (exact) mass is 294 g/mol. The highest BCUT2D eigenvalue weighted by molar-refractivity contribution is 6.01. The van der Waals surface area contributed by atoms with Crippen LogP contribution < -0.4 is 11.3 Å². The zero-order chi connectivity index (χ0) is 16.0. The van der Waals surface area contributed by atoms with Crippen LogP contribution in [0, 0.1) is 16.0 Å². The molecule has 3 N–H and O–H groups in total. The molecule has 0 saturated carbocycles. The predicted octanol–water partition coefficient (Wildman–Crippen LogP) is 2.39. The third kappa shape index (κ3) is 3.91. The summed E-state index contributed by atoms with van der Waals surface area (Å²) in [6.45, 7) is 7.15. The van der Waals surface area contributed by atoms with Gasteiger partial charge >= 0.3 is 0 Å². The molecule has 1 aromatic rings. The van der Waals surface area contributed by atoms with Crippen LogP contribution in [0.15, 0.2) is 18.2 Å². The fraction of sp³-hybridized carbons (Fsp3) is 0.500. The van der Waals surface area contributed by atoms with Gasteiger partial charge in [-0.25, -0.2) is 0 Å². The van der Waals surface area contributed by atoms with Crippen molar-refractivity contribution in [2.24, 2.45) is 11.8 Å². The van der Waals surface area contributed by atoms with E-state index in [-0.39, 0.29) is 22.8 Å². The number of carbonyl (C=O) groups excluding carboxylic acids is 1. The number of benzene rings is 1. The number of nitrogens with one attached hydrogen (secondary N) is 1. The Hall–Kier alpha value is -2.15. The van der Waals surface area contributed by atoms with E-state index in [4.69, 9.17) is 5.84 Å². The van der Waals surface area contributed by atoms with Gasteiger partial charge in [0.25, 0.3) is 11.6 Å². The lowest BCUT2D eigenvalue weighted by atomic mass is 10.1. The van der Waals surface area contributed by atoms with Crippen molar-refractivity contribution in [1.82, 2.24) is 4.90 Å². The highest BCUT2D eigenvalue weighted by atomic mass is 16.6. The van der Waals surface area contributed by atoms with E-state index in [1.54, 1.807) is 11.0 Å². The SMILES string of the molecule is CCC(C)CN(CC)C(=O)c1cccc([N+](=O)[O-])c1NN. The molecule has 116 valence electrons. The Kier molecular flexibility index (Phi) is 6.10. The lowest BCUT2D eigenvalue weighted by molar-refractivity contribution is -0.384. The molecule has 1 rings (SSSR count). The van der Waals surface area contributed by atoms with Gasteiger partial charge in [0.2, 0.25) is 0 Å². The van der Waals surface area contributed by atoms with E-state index in [9.17, 15) is 14.9 Å². The molecule has 0 spiro atoms. The number of hydrogen-bond acceptors (Lipinski definition) is 5. The number of carbonyl (C=O) groups is 1. The maximum absolute atomic E-state index is 12.6. The van der Waals surface area contributed by atoms with E-state index in [1.165, 1.54) is 12.1 Å². The molecule has 21 heavy (non-hydrogen) atoms. The van der Waals surface area contributed by atoms with Gasteiger partial charge < -0.3 is 10.3 Å². The zero-order valence-electron chi connectivity index (χ0n) is 12.6. The molecule has 1 amide bonds. The summed E-state index contributed by atoms with van der Waals surface area (Å²) in [6.07, 6.45) is 0.959. The van der Waals surface area contributed by atoms with Crippen LogP contribution in [-0.2, 0) is 0 Å². The largest absolute Gasteiger partial charge is 0.339 e. The van der Waals surface area contributed by atoms with Gasteiger partial charge in [0.15, 0.2) is 0 Å². The van der Waals surface area contributed by atoms with E-state index in [1.807, 2.05) is 6.92 Å². The molecule has 0 aliphatic heterocycles. The molecule has 0 aliphatic carbocycles. The highest BCUT2D eigenvalue weighted by Crippen LogP contribution is 2.28. The number of para-hydroxylation sites is 1. The Bertz CT molecular complexity index is 519. The number of hydrazine groups is 1. The average Bonchev–Trinajstić information content (AvgIpc) is 2.50. The van der Waals surface area contributed by atoms with E-state index in [0.29, 0.717) is 19.0 Å². The molecule has 1 atom stereocenters. The molecule has 7 nitrogen and oxygen atoms in total. The van der Waals surface area contributed by atoms with Crippen LogP contribution in [0.4, 0.5) is 11.4 Å². The minimum atomic E-state index is -0.559. The summed E-state index contributed by atoms with van der Waals surface area (Å²) in [5, 5.41) is 11.0. The standard InChI is InChI=1S/C14H22N4O3/c1-4-10(3)9-17(5-2)14(19)11-7-6-8-12(18(20)21)13(11)16-15/h6-8,10,16H,4-5,9,15H2,1-3H3. The van der Waals surface area contributed by atoms with Gasteiger partial charge in [-0.15, -0.1) is 0 Å². The van der Waals surface area contributed by atoms with Gasteiger partial charge in [0.05, 0.1) is 10.5 Å². The maximum Gasteiger partial charge on any atom is 0.294 e. The third-order valence-corrected chi connectivity index (χ3v) is 3.51. The van der Waals surface area contributed by atoms with Gasteiger partial charge in [-0.05, 0) is 18.9 Å². The molecular formula is C14H22N4O3. The number of nitrogens with two attached hydrogens (primary N) is 1. The lowest BCUT2D eigenvalue weighted by Crippen LogP contribution is -2.35. The smallest absolute Gasteiger partial charge is 0.294 e. The quantitative estimate of drug-likeness (QED) is 0.457. The Morgan fingerprint density at radius 2 is 2.14 bits per heavy atom. The highest BCUT2D eigenvalue weighted by Gasteiger charge is 2.24. The van der Waals surface area contributed by atoms with Crippen LogP contribution in [0.5, 0.6) is 0 Å². The van der Waals surface area contributed by atoms with Gasteiger partial charge in [0, 0.05) is 19.2 Å². The minimum Gasteiger partial charge on any atom is -0.339 e. The first-order chi connectivity index (χ1) is 9.96. The van der Waals surface area contributed by atoms with Crippen molar-refractivity contribution < 1.29 is 9.72 Å². The first-order valence-electron chi connectivity index (χ1n) is 6.99. The molecule has 0 aromatic heterocycles. The molecule has 0 saturated heterocycles. The summed E-state index contributed by atoms with van der Waals surface area (Å²) in [6, 6.07) is 4.35. The maximum atomic E-state index is 12.6. The van der Waals surface area contributed by atoms with Crippen LogP contribution in [-0.4, -0.2) is 28.8 Å². The Morgan fingerprint density at radius 3 is 2.62 bits per heavy atom. The van der Waals surface area contributed by atoms with Gasteiger partial charge in [-0.1, -0.05) is 26.3 Å². The predicted molar refractivity (Wildman–Crippen MR) is 81.9 cm³/mol. The van der Waals surface area contributed by atoms with Crippen LogP contribution in [0.25, 0.3) is 0 Å². The summed E-state index contributed by atoms with van der Waals surface area (Å²) in [5.41, 5.74) is 2.35. The van der Waals surface area contributed by atoms with Crippen molar-refractivity contribution in [3.63, 3.8) is 0 Å². The van der Waals surface area contributed by atoms with Crippen molar-refractivity contribution in [2.75, 3.05) is 18.5 Å². The molecule has 0 aliphatic rings. The number of nitrogen functional groups attached to an aromatic ring is 1. The molecule has 0 fully saturated rings. The van der Waals surface area contributed by atoms with E-state index < -0.39 is 4.92 Å². The summed E-state index contributed by atoms with van der Waals surface area (Å²) in [5.74, 6) is 5.48. The first kappa shape index (κ1) is 16.9. The Balaban J connectivity index is 3.16. The van der Waals surface area contributed by atoms with Crippen molar-refractivity contribution in [3.8, 4) is 0 Å². The van der Waals surface area contributed by atoms with E-state index in [0.717, 1.165) is 6.42 Å². The Labute approximate surface area is 124 Å². The molecule has 1 aromatic carbocycles. The topological polar surface area (TPSA) is 102 Å². The molecule has 1 unspecified atom stereocenters.